The number of nitrogens with two attached hydrogens (primary N) is 1. The molecule has 106 valence electrons. The maximum Gasteiger partial charge on any atom is 0.222 e. The maximum atomic E-state index is 11.7. The molecule has 1 aromatic carbocycles. The van der Waals surface area contributed by atoms with Gasteiger partial charge in [0.25, 0.3) is 0 Å². The van der Waals surface area contributed by atoms with E-state index in [-0.39, 0.29) is 11.9 Å². The van der Waals surface area contributed by atoms with E-state index in [1.807, 2.05) is 38.1 Å². The number of amides is 1. The number of rotatable bonds is 8. The van der Waals surface area contributed by atoms with Crippen LogP contribution in [-0.2, 0) is 16.1 Å². The first-order valence-electron chi connectivity index (χ1n) is 6.83. The molecule has 0 fully saturated rings. The van der Waals surface area contributed by atoms with Crippen LogP contribution >= 0.6 is 0 Å². The van der Waals surface area contributed by atoms with Crippen LogP contribution in [0.15, 0.2) is 24.3 Å². The zero-order chi connectivity index (χ0) is 14.1. The molecule has 0 aromatic heterocycles. The van der Waals surface area contributed by atoms with E-state index in [1.165, 1.54) is 0 Å². The fourth-order valence-corrected chi connectivity index (χ4v) is 1.75. The summed E-state index contributed by atoms with van der Waals surface area (Å²) in [7, 11) is 0. The molecule has 0 saturated carbocycles. The summed E-state index contributed by atoms with van der Waals surface area (Å²) in [5.41, 5.74) is 7.73. The average Bonchev–Trinajstić information content (AvgIpc) is 2.43. The predicted octanol–water partition coefficient (Wildman–Crippen LogP) is 2.14. The molecular formula is C15H24N2O2. The lowest BCUT2D eigenvalue weighted by Gasteiger charge is -2.14. The Kier molecular flexibility index (Phi) is 7.15. The molecule has 0 aliphatic heterocycles. The quantitative estimate of drug-likeness (QED) is 0.707. The summed E-state index contributed by atoms with van der Waals surface area (Å²) in [6.45, 7) is 5.76. The summed E-state index contributed by atoms with van der Waals surface area (Å²) in [5, 5.41) is 2.96. The standard InChI is InChI=1S/C15H24N2O2/c1-3-9-19-10-8-15(18)17-12(2)14-6-4-13(11-16)5-7-14/h4-7,12H,3,8-11,16H2,1-2H3,(H,17,18). The third-order valence-electron chi connectivity index (χ3n) is 2.91. The van der Waals surface area contributed by atoms with Gasteiger partial charge in [-0.05, 0) is 24.5 Å². The van der Waals surface area contributed by atoms with Gasteiger partial charge in [0.15, 0.2) is 0 Å². The molecule has 1 unspecified atom stereocenters. The number of ether oxygens (including phenoxy) is 1. The molecule has 3 N–H and O–H groups in total. The van der Waals surface area contributed by atoms with Gasteiger partial charge in [-0.1, -0.05) is 31.2 Å². The van der Waals surface area contributed by atoms with Crippen molar-refractivity contribution in [3.05, 3.63) is 35.4 Å². The number of benzene rings is 1. The fraction of sp³-hybridized carbons (Fsp3) is 0.533. The van der Waals surface area contributed by atoms with Gasteiger partial charge in [0.05, 0.1) is 12.6 Å². The van der Waals surface area contributed by atoms with Crippen molar-refractivity contribution < 1.29 is 9.53 Å². The fourth-order valence-electron chi connectivity index (χ4n) is 1.75. The highest BCUT2D eigenvalue weighted by molar-refractivity contribution is 5.76. The van der Waals surface area contributed by atoms with Crippen LogP contribution in [0.25, 0.3) is 0 Å². The Morgan fingerprint density at radius 3 is 2.58 bits per heavy atom. The van der Waals surface area contributed by atoms with E-state index >= 15 is 0 Å². The lowest BCUT2D eigenvalue weighted by molar-refractivity contribution is -0.122. The van der Waals surface area contributed by atoms with E-state index in [9.17, 15) is 4.79 Å². The molecule has 4 heteroatoms. The molecule has 0 spiro atoms. The van der Waals surface area contributed by atoms with Gasteiger partial charge in [0.2, 0.25) is 5.91 Å². The SMILES string of the molecule is CCCOCCC(=O)NC(C)c1ccc(CN)cc1. The molecule has 1 aromatic rings. The van der Waals surface area contributed by atoms with E-state index in [0.717, 1.165) is 17.5 Å². The zero-order valence-electron chi connectivity index (χ0n) is 11.8. The van der Waals surface area contributed by atoms with Gasteiger partial charge >= 0.3 is 0 Å². The monoisotopic (exact) mass is 264 g/mol. The largest absolute Gasteiger partial charge is 0.381 e. The second-order valence-electron chi connectivity index (χ2n) is 4.60. The molecule has 0 aliphatic rings. The minimum absolute atomic E-state index is 0.00509. The number of carbonyl (C=O) groups excluding carboxylic acids is 1. The summed E-state index contributed by atoms with van der Waals surface area (Å²) in [5.74, 6) is 0.0199. The van der Waals surface area contributed by atoms with Crippen molar-refractivity contribution in [1.29, 1.82) is 0 Å². The third kappa shape index (κ3) is 5.85. The highest BCUT2D eigenvalue weighted by Gasteiger charge is 2.09. The van der Waals surface area contributed by atoms with Crippen LogP contribution in [0, 0.1) is 0 Å². The van der Waals surface area contributed by atoms with Crippen LogP contribution < -0.4 is 11.1 Å². The first-order valence-corrected chi connectivity index (χ1v) is 6.83. The smallest absolute Gasteiger partial charge is 0.222 e. The molecule has 0 heterocycles. The predicted molar refractivity (Wildman–Crippen MR) is 76.6 cm³/mol. The number of hydrogen-bond donors (Lipinski definition) is 2. The van der Waals surface area contributed by atoms with Crippen LogP contribution in [0.3, 0.4) is 0 Å². The van der Waals surface area contributed by atoms with Crippen molar-refractivity contribution in [2.75, 3.05) is 13.2 Å². The van der Waals surface area contributed by atoms with Crippen LogP contribution in [0.1, 0.15) is 43.9 Å². The Morgan fingerprint density at radius 1 is 1.32 bits per heavy atom. The van der Waals surface area contributed by atoms with Gasteiger partial charge in [-0.3, -0.25) is 4.79 Å². The van der Waals surface area contributed by atoms with E-state index in [2.05, 4.69) is 5.32 Å². The molecule has 4 nitrogen and oxygen atoms in total. The third-order valence-corrected chi connectivity index (χ3v) is 2.91. The highest BCUT2D eigenvalue weighted by Crippen LogP contribution is 2.13. The van der Waals surface area contributed by atoms with Gasteiger partial charge in [0, 0.05) is 19.6 Å². The summed E-state index contributed by atoms with van der Waals surface area (Å²) in [4.78, 5) is 11.7. The molecule has 0 aliphatic carbocycles. The molecule has 0 radical (unpaired) electrons. The van der Waals surface area contributed by atoms with E-state index in [4.69, 9.17) is 10.5 Å². The van der Waals surface area contributed by atoms with Gasteiger partial charge in [-0.15, -0.1) is 0 Å². The van der Waals surface area contributed by atoms with Crippen molar-refractivity contribution in [3.63, 3.8) is 0 Å². The van der Waals surface area contributed by atoms with E-state index < -0.39 is 0 Å². The summed E-state index contributed by atoms with van der Waals surface area (Å²) >= 11 is 0. The van der Waals surface area contributed by atoms with E-state index in [1.54, 1.807) is 0 Å². The van der Waals surface area contributed by atoms with Crippen molar-refractivity contribution in [1.82, 2.24) is 5.32 Å². The molecule has 0 bridgehead atoms. The van der Waals surface area contributed by atoms with Crippen molar-refractivity contribution in [2.45, 2.75) is 39.3 Å². The highest BCUT2D eigenvalue weighted by atomic mass is 16.5. The summed E-state index contributed by atoms with van der Waals surface area (Å²) < 4.78 is 5.30. The van der Waals surface area contributed by atoms with Crippen LogP contribution in [-0.4, -0.2) is 19.1 Å². The van der Waals surface area contributed by atoms with E-state index in [0.29, 0.717) is 26.2 Å². The lowest BCUT2D eigenvalue weighted by Crippen LogP contribution is -2.27. The lowest BCUT2D eigenvalue weighted by atomic mass is 10.1. The van der Waals surface area contributed by atoms with Crippen LogP contribution in [0.2, 0.25) is 0 Å². The van der Waals surface area contributed by atoms with Gasteiger partial charge in [-0.2, -0.15) is 0 Å². The number of carbonyl (C=O) groups is 1. The minimum atomic E-state index is 0.00509. The second kappa shape index (κ2) is 8.67. The normalized spacial score (nSPS) is 12.2. The van der Waals surface area contributed by atoms with Gasteiger partial charge in [-0.25, -0.2) is 0 Å². The van der Waals surface area contributed by atoms with Gasteiger partial charge < -0.3 is 15.8 Å². The van der Waals surface area contributed by atoms with Crippen LogP contribution in [0.5, 0.6) is 0 Å². The Bertz CT molecular complexity index is 376. The number of nitrogens with one attached hydrogen (secondary N) is 1. The minimum Gasteiger partial charge on any atom is -0.381 e. The molecule has 1 rings (SSSR count). The number of hydrogen-bond acceptors (Lipinski definition) is 3. The molecule has 1 amide bonds. The Balaban J connectivity index is 2.36. The summed E-state index contributed by atoms with van der Waals surface area (Å²) in [6, 6.07) is 7.98. The Labute approximate surface area is 115 Å². The van der Waals surface area contributed by atoms with Crippen LogP contribution in [0.4, 0.5) is 0 Å². The van der Waals surface area contributed by atoms with Crippen molar-refractivity contribution in [3.8, 4) is 0 Å². The first kappa shape index (κ1) is 15.7. The molecule has 19 heavy (non-hydrogen) atoms. The Morgan fingerprint density at radius 2 is 2.00 bits per heavy atom. The van der Waals surface area contributed by atoms with Crippen molar-refractivity contribution >= 4 is 5.91 Å². The van der Waals surface area contributed by atoms with Crippen molar-refractivity contribution in [2.24, 2.45) is 5.73 Å². The molecular weight excluding hydrogens is 240 g/mol. The Hall–Kier alpha value is -1.39. The molecule has 0 saturated heterocycles. The zero-order valence-corrected chi connectivity index (χ0v) is 11.8. The average molecular weight is 264 g/mol. The first-order chi connectivity index (χ1) is 9.17. The topological polar surface area (TPSA) is 64.3 Å². The van der Waals surface area contributed by atoms with Gasteiger partial charge in [0.1, 0.15) is 0 Å². The maximum absolute atomic E-state index is 11.7. The molecule has 1 atom stereocenters. The second-order valence-corrected chi connectivity index (χ2v) is 4.60. The summed E-state index contributed by atoms with van der Waals surface area (Å²) in [6.07, 6.45) is 1.39.